The molecule has 2 aliphatic heterocycles. The minimum Gasteiger partial charge on any atom is -0.424 e. The third-order valence-electron chi connectivity index (χ3n) is 5.31. The molecule has 2 atom stereocenters. The number of hydrogen-bond acceptors (Lipinski definition) is 5. The van der Waals surface area contributed by atoms with Crippen molar-refractivity contribution in [2.24, 2.45) is 0 Å². The zero-order valence-electron chi connectivity index (χ0n) is 13.2. The van der Waals surface area contributed by atoms with Gasteiger partial charge in [0.2, 0.25) is 17.7 Å². The van der Waals surface area contributed by atoms with Gasteiger partial charge in [-0.3, -0.25) is 9.69 Å². The van der Waals surface area contributed by atoms with Crippen LogP contribution in [0.25, 0.3) is 0 Å². The molecule has 0 radical (unpaired) electrons. The van der Waals surface area contributed by atoms with Gasteiger partial charge in [-0.2, -0.15) is 0 Å². The largest absolute Gasteiger partial charge is 0.424 e. The fraction of sp³-hybridized carbons (Fsp3) is 0.812. The summed E-state index contributed by atoms with van der Waals surface area (Å²) in [5.41, 5.74) is 0. The molecule has 1 amide bonds. The molecule has 120 valence electrons. The highest BCUT2D eigenvalue weighted by molar-refractivity contribution is 5.74. The van der Waals surface area contributed by atoms with E-state index in [1.165, 1.54) is 19.3 Å². The summed E-state index contributed by atoms with van der Waals surface area (Å²) in [6, 6.07) is 0.813. The van der Waals surface area contributed by atoms with E-state index in [1.54, 1.807) is 6.92 Å². The maximum atomic E-state index is 11.8. The lowest BCUT2D eigenvalue weighted by Crippen LogP contribution is -2.47. The molecule has 2 saturated heterocycles. The molecule has 1 aliphatic carbocycles. The van der Waals surface area contributed by atoms with Gasteiger partial charge in [0.05, 0.1) is 6.54 Å². The first-order valence-electron chi connectivity index (χ1n) is 8.56. The molecule has 1 aromatic rings. The summed E-state index contributed by atoms with van der Waals surface area (Å²) >= 11 is 0. The molecule has 4 rings (SSSR count). The molecule has 1 saturated carbocycles. The number of aromatic nitrogens is 2. The quantitative estimate of drug-likeness (QED) is 0.850. The summed E-state index contributed by atoms with van der Waals surface area (Å²) in [6.45, 7) is 4.40. The summed E-state index contributed by atoms with van der Waals surface area (Å²) < 4.78 is 5.81. The second-order valence-corrected chi connectivity index (χ2v) is 6.91. The standard InChI is InChI=1S/C16H24N4O2/c1-11(21)20-9-3-5-14(20)13-4-2-8-19(13)10-15-17-18-16(22-15)12-6-7-12/h12-14H,2-10H2,1H3/t13-,14+/m1/s1. The van der Waals surface area contributed by atoms with Crippen LogP contribution in [-0.4, -0.2) is 51.1 Å². The van der Waals surface area contributed by atoms with Crippen molar-refractivity contribution in [1.82, 2.24) is 20.0 Å². The van der Waals surface area contributed by atoms with Gasteiger partial charge in [-0.05, 0) is 45.1 Å². The van der Waals surface area contributed by atoms with E-state index < -0.39 is 0 Å². The number of nitrogens with zero attached hydrogens (tertiary/aromatic N) is 4. The summed E-state index contributed by atoms with van der Waals surface area (Å²) in [4.78, 5) is 16.3. The van der Waals surface area contributed by atoms with E-state index in [0.29, 0.717) is 18.0 Å². The van der Waals surface area contributed by atoms with Crippen molar-refractivity contribution >= 4 is 5.91 Å². The van der Waals surface area contributed by atoms with Crippen molar-refractivity contribution < 1.29 is 9.21 Å². The van der Waals surface area contributed by atoms with Crippen molar-refractivity contribution in [2.45, 2.75) is 70.0 Å². The Morgan fingerprint density at radius 3 is 2.68 bits per heavy atom. The Balaban J connectivity index is 1.44. The first-order chi connectivity index (χ1) is 10.7. The average Bonchev–Trinajstić information content (AvgIpc) is 2.94. The minimum atomic E-state index is 0.211. The van der Waals surface area contributed by atoms with Crippen molar-refractivity contribution in [2.75, 3.05) is 13.1 Å². The highest BCUT2D eigenvalue weighted by atomic mass is 16.4. The Morgan fingerprint density at radius 2 is 1.91 bits per heavy atom. The summed E-state index contributed by atoms with van der Waals surface area (Å²) in [6.07, 6.45) is 6.97. The number of likely N-dealkylation sites (tertiary alicyclic amines) is 2. The van der Waals surface area contributed by atoms with Crippen LogP contribution in [-0.2, 0) is 11.3 Å². The average molecular weight is 304 g/mol. The molecule has 3 fully saturated rings. The van der Waals surface area contributed by atoms with Crippen LogP contribution in [0.2, 0.25) is 0 Å². The fourth-order valence-corrected chi connectivity index (χ4v) is 4.07. The first kappa shape index (κ1) is 14.2. The highest BCUT2D eigenvalue weighted by Crippen LogP contribution is 2.39. The van der Waals surface area contributed by atoms with Crippen LogP contribution in [0.3, 0.4) is 0 Å². The van der Waals surface area contributed by atoms with Crippen LogP contribution >= 0.6 is 0 Å². The lowest BCUT2D eigenvalue weighted by atomic mass is 10.0. The van der Waals surface area contributed by atoms with Gasteiger partial charge in [-0.25, -0.2) is 0 Å². The smallest absolute Gasteiger partial charge is 0.230 e. The first-order valence-corrected chi connectivity index (χ1v) is 8.56. The van der Waals surface area contributed by atoms with Crippen LogP contribution < -0.4 is 0 Å². The molecular weight excluding hydrogens is 280 g/mol. The van der Waals surface area contributed by atoms with E-state index in [9.17, 15) is 4.79 Å². The van der Waals surface area contributed by atoms with E-state index >= 15 is 0 Å². The molecule has 0 spiro atoms. The Kier molecular flexibility index (Phi) is 3.64. The number of rotatable bonds is 4. The predicted molar refractivity (Wildman–Crippen MR) is 80.1 cm³/mol. The molecule has 0 unspecified atom stereocenters. The van der Waals surface area contributed by atoms with Crippen LogP contribution in [0, 0.1) is 0 Å². The second kappa shape index (κ2) is 5.65. The van der Waals surface area contributed by atoms with E-state index in [0.717, 1.165) is 50.7 Å². The monoisotopic (exact) mass is 304 g/mol. The molecule has 6 heteroatoms. The summed E-state index contributed by atoms with van der Waals surface area (Å²) in [5, 5.41) is 8.40. The minimum absolute atomic E-state index is 0.211. The Labute approximate surface area is 130 Å². The molecule has 3 aliphatic rings. The molecular formula is C16H24N4O2. The van der Waals surface area contributed by atoms with E-state index in [1.807, 2.05) is 0 Å². The van der Waals surface area contributed by atoms with Gasteiger partial charge in [0.15, 0.2) is 0 Å². The molecule has 22 heavy (non-hydrogen) atoms. The molecule has 0 N–H and O–H groups in total. The molecule has 0 aromatic carbocycles. The Bertz CT molecular complexity index is 554. The van der Waals surface area contributed by atoms with Crippen LogP contribution in [0.5, 0.6) is 0 Å². The number of hydrogen-bond donors (Lipinski definition) is 0. The zero-order valence-corrected chi connectivity index (χ0v) is 13.2. The van der Waals surface area contributed by atoms with Gasteiger partial charge in [0, 0.05) is 31.5 Å². The lowest BCUT2D eigenvalue weighted by Gasteiger charge is -2.34. The third kappa shape index (κ3) is 2.64. The molecule has 3 heterocycles. The fourth-order valence-electron chi connectivity index (χ4n) is 4.07. The Hall–Kier alpha value is -1.43. The zero-order chi connectivity index (χ0) is 15.1. The number of carbonyl (C=O) groups is 1. The van der Waals surface area contributed by atoms with Gasteiger partial charge >= 0.3 is 0 Å². The topological polar surface area (TPSA) is 62.5 Å². The Morgan fingerprint density at radius 1 is 1.14 bits per heavy atom. The van der Waals surface area contributed by atoms with Crippen molar-refractivity contribution in [3.8, 4) is 0 Å². The number of carbonyl (C=O) groups excluding carboxylic acids is 1. The third-order valence-corrected chi connectivity index (χ3v) is 5.31. The van der Waals surface area contributed by atoms with E-state index in [4.69, 9.17) is 4.42 Å². The highest BCUT2D eigenvalue weighted by Gasteiger charge is 2.39. The summed E-state index contributed by atoms with van der Waals surface area (Å²) in [5.74, 6) is 2.28. The van der Waals surface area contributed by atoms with E-state index in [-0.39, 0.29) is 5.91 Å². The van der Waals surface area contributed by atoms with Crippen molar-refractivity contribution in [3.63, 3.8) is 0 Å². The van der Waals surface area contributed by atoms with Crippen LogP contribution in [0.4, 0.5) is 0 Å². The predicted octanol–water partition coefficient (Wildman–Crippen LogP) is 1.92. The van der Waals surface area contributed by atoms with E-state index in [2.05, 4.69) is 20.0 Å². The van der Waals surface area contributed by atoms with Gasteiger partial charge < -0.3 is 9.32 Å². The molecule has 0 bridgehead atoms. The SMILES string of the molecule is CC(=O)N1CCC[C@H]1[C@H]1CCCN1Cc1nnc(C2CC2)o1. The van der Waals surface area contributed by atoms with Crippen molar-refractivity contribution in [1.29, 1.82) is 0 Å². The van der Waals surface area contributed by atoms with Crippen LogP contribution in [0.15, 0.2) is 4.42 Å². The maximum absolute atomic E-state index is 11.8. The van der Waals surface area contributed by atoms with Gasteiger partial charge in [0.25, 0.3) is 0 Å². The van der Waals surface area contributed by atoms with Gasteiger partial charge in [-0.15, -0.1) is 10.2 Å². The normalized spacial score (nSPS) is 29.4. The second-order valence-electron chi connectivity index (χ2n) is 6.91. The molecule has 1 aromatic heterocycles. The molecule has 6 nitrogen and oxygen atoms in total. The number of amides is 1. The van der Waals surface area contributed by atoms with Crippen molar-refractivity contribution in [3.05, 3.63) is 11.8 Å². The van der Waals surface area contributed by atoms with Crippen LogP contribution in [0.1, 0.15) is 63.1 Å². The maximum Gasteiger partial charge on any atom is 0.230 e. The van der Waals surface area contributed by atoms with Gasteiger partial charge in [-0.1, -0.05) is 0 Å². The summed E-state index contributed by atoms with van der Waals surface area (Å²) in [7, 11) is 0. The lowest BCUT2D eigenvalue weighted by molar-refractivity contribution is -0.130. The van der Waals surface area contributed by atoms with Gasteiger partial charge in [0.1, 0.15) is 0 Å².